The van der Waals surface area contributed by atoms with Gasteiger partial charge in [-0.15, -0.1) is 10.2 Å². The van der Waals surface area contributed by atoms with Crippen molar-refractivity contribution < 1.29 is 31.4 Å². The number of ether oxygens (including phenoxy) is 2. The Morgan fingerprint density at radius 1 is 0.967 bits per heavy atom. The molecule has 160 valence electrons. The molecule has 0 unspecified atom stereocenters. The Hall–Kier alpha value is -3.02. The molecular weight excluding hydrogens is 431 g/mol. The van der Waals surface area contributed by atoms with Gasteiger partial charge in [0.1, 0.15) is 11.5 Å². The van der Waals surface area contributed by atoms with Crippen LogP contribution < -0.4 is 15.3 Å². The van der Waals surface area contributed by atoms with Crippen LogP contribution in [0.25, 0.3) is 11.4 Å². The summed E-state index contributed by atoms with van der Waals surface area (Å²) in [6.07, 6.45) is -4.40. The highest BCUT2D eigenvalue weighted by Crippen LogP contribution is 2.27. The number of aromatic nitrogens is 3. The molecular formula is C18H15F5N4O2S. The highest BCUT2D eigenvalue weighted by atomic mass is 32.2. The third-order valence-corrected chi connectivity index (χ3v) is 4.71. The fraction of sp³-hybridized carbons (Fsp3) is 0.222. The molecule has 30 heavy (non-hydrogen) atoms. The molecule has 0 atom stereocenters. The Morgan fingerprint density at radius 2 is 1.60 bits per heavy atom. The van der Waals surface area contributed by atoms with E-state index < -0.39 is 19.4 Å². The Kier molecular flexibility index (Phi) is 6.65. The second kappa shape index (κ2) is 9.20. The lowest BCUT2D eigenvalue weighted by atomic mass is 10.2. The van der Waals surface area contributed by atoms with Crippen molar-refractivity contribution in [1.29, 1.82) is 0 Å². The van der Waals surface area contributed by atoms with E-state index in [1.165, 1.54) is 52.8 Å². The van der Waals surface area contributed by atoms with Crippen molar-refractivity contribution in [2.24, 2.45) is 0 Å². The largest absolute Gasteiger partial charge is 0.484 e. The molecule has 0 aliphatic carbocycles. The highest BCUT2D eigenvalue weighted by molar-refractivity contribution is 7.98. The van der Waals surface area contributed by atoms with Crippen molar-refractivity contribution in [2.45, 2.75) is 23.7 Å². The Balaban J connectivity index is 1.60. The standard InChI is InChI=1S/C18H15F5N4O2S/c19-16(20)29-14-7-3-12(4-8-14)15-25-26-17(27(15)24)30-9-11-1-5-13(6-2-11)28-10-18(21,22)23/h1-8,16H,9-10,24H2. The van der Waals surface area contributed by atoms with Gasteiger partial charge in [0.2, 0.25) is 5.16 Å². The Bertz CT molecular complexity index is 962. The topological polar surface area (TPSA) is 75.2 Å². The molecule has 2 N–H and O–H groups in total. The van der Waals surface area contributed by atoms with E-state index in [1.807, 2.05) is 0 Å². The summed E-state index contributed by atoms with van der Waals surface area (Å²) in [7, 11) is 0. The lowest BCUT2D eigenvalue weighted by Crippen LogP contribution is -2.19. The van der Waals surface area contributed by atoms with E-state index in [0.29, 0.717) is 22.3 Å². The number of benzene rings is 2. The summed E-state index contributed by atoms with van der Waals surface area (Å²) in [6, 6.07) is 12.0. The minimum absolute atomic E-state index is 0.00842. The minimum Gasteiger partial charge on any atom is -0.484 e. The number of rotatable bonds is 8. The van der Waals surface area contributed by atoms with Crippen molar-refractivity contribution in [3.05, 3.63) is 54.1 Å². The smallest absolute Gasteiger partial charge is 0.422 e. The van der Waals surface area contributed by atoms with Gasteiger partial charge >= 0.3 is 12.8 Å². The van der Waals surface area contributed by atoms with Gasteiger partial charge < -0.3 is 15.3 Å². The van der Waals surface area contributed by atoms with Crippen LogP contribution >= 0.6 is 11.8 Å². The van der Waals surface area contributed by atoms with Crippen molar-refractivity contribution in [3.63, 3.8) is 0 Å². The molecule has 0 aliphatic rings. The van der Waals surface area contributed by atoms with Gasteiger partial charge in [-0.05, 0) is 42.0 Å². The second-order valence-electron chi connectivity index (χ2n) is 5.92. The van der Waals surface area contributed by atoms with E-state index in [4.69, 9.17) is 5.84 Å². The van der Waals surface area contributed by atoms with Crippen LogP contribution in [0.5, 0.6) is 11.5 Å². The van der Waals surface area contributed by atoms with E-state index in [0.717, 1.165) is 5.56 Å². The number of alkyl halides is 5. The fourth-order valence-corrected chi connectivity index (χ4v) is 3.17. The van der Waals surface area contributed by atoms with E-state index in [-0.39, 0.29) is 11.5 Å². The first kappa shape index (κ1) is 21.7. The van der Waals surface area contributed by atoms with Gasteiger partial charge in [0.15, 0.2) is 12.4 Å². The number of nitrogens with zero attached hydrogens (tertiary/aromatic N) is 3. The zero-order valence-electron chi connectivity index (χ0n) is 15.1. The van der Waals surface area contributed by atoms with Crippen LogP contribution in [-0.4, -0.2) is 34.3 Å². The molecule has 3 aromatic rings. The number of hydrogen-bond acceptors (Lipinski definition) is 6. The molecule has 6 nitrogen and oxygen atoms in total. The zero-order chi connectivity index (χ0) is 21.7. The van der Waals surface area contributed by atoms with Crippen LogP contribution in [0.2, 0.25) is 0 Å². The lowest BCUT2D eigenvalue weighted by Gasteiger charge is -2.09. The Labute approximate surface area is 171 Å². The fourth-order valence-electron chi connectivity index (χ4n) is 2.35. The van der Waals surface area contributed by atoms with Crippen molar-refractivity contribution in [2.75, 3.05) is 12.4 Å². The molecule has 0 saturated carbocycles. The summed E-state index contributed by atoms with van der Waals surface area (Å²) >= 11 is 1.27. The molecule has 0 bridgehead atoms. The molecule has 0 fully saturated rings. The van der Waals surface area contributed by atoms with Gasteiger partial charge in [0.25, 0.3) is 0 Å². The molecule has 2 aromatic carbocycles. The molecule has 12 heteroatoms. The average Bonchev–Trinajstić information content (AvgIpc) is 3.05. The van der Waals surface area contributed by atoms with Gasteiger partial charge in [-0.1, -0.05) is 23.9 Å². The maximum Gasteiger partial charge on any atom is 0.422 e. The van der Waals surface area contributed by atoms with Crippen LogP contribution in [0.4, 0.5) is 22.0 Å². The summed E-state index contributed by atoms with van der Waals surface area (Å²) in [5.74, 6) is 6.91. The quantitative estimate of drug-likeness (QED) is 0.312. The normalized spacial score (nSPS) is 11.7. The number of hydrogen-bond donors (Lipinski definition) is 1. The maximum absolute atomic E-state index is 12.2. The lowest BCUT2D eigenvalue weighted by molar-refractivity contribution is -0.153. The Morgan fingerprint density at radius 3 is 2.20 bits per heavy atom. The van der Waals surface area contributed by atoms with Crippen LogP contribution in [0, 0.1) is 0 Å². The number of nitrogen functional groups attached to an aromatic ring is 1. The number of halogens is 5. The van der Waals surface area contributed by atoms with Crippen molar-refractivity contribution >= 4 is 11.8 Å². The molecule has 1 heterocycles. The third-order valence-electron chi connectivity index (χ3n) is 3.70. The number of thioether (sulfide) groups is 1. The SMILES string of the molecule is Nn1c(SCc2ccc(OCC(F)(F)F)cc2)nnc1-c1ccc(OC(F)F)cc1. The monoisotopic (exact) mass is 446 g/mol. The molecule has 0 saturated heterocycles. The molecule has 0 spiro atoms. The first-order chi connectivity index (χ1) is 14.2. The average molecular weight is 446 g/mol. The predicted molar refractivity (Wildman–Crippen MR) is 99.8 cm³/mol. The van der Waals surface area contributed by atoms with Gasteiger partial charge in [-0.3, -0.25) is 0 Å². The van der Waals surface area contributed by atoms with Gasteiger partial charge in [-0.2, -0.15) is 22.0 Å². The molecule has 0 amide bonds. The zero-order valence-corrected chi connectivity index (χ0v) is 16.0. The molecule has 3 rings (SSSR count). The van der Waals surface area contributed by atoms with E-state index in [2.05, 4.69) is 19.7 Å². The van der Waals surface area contributed by atoms with Gasteiger partial charge in [0, 0.05) is 11.3 Å². The summed E-state index contributed by atoms with van der Waals surface area (Å²) < 4.78 is 71.2. The highest BCUT2D eigenvalue weighted by Gasteiger charge is 2.28. The summed E-state index contributed by atoms with van der Waals surface area (Å²) in [4.78, 5) is 0. The van der Waals surface area contributed by atoms with Crippen LogP contribution in [0.15, 0.2) is 53.7 Å². The molecule has 1 aromatic heterocycles. The van der Waals surface area contributed by atoms with Crippen LogP contribution in [-0.2, 0) is 5.75 Å². The van der Waals surface area contributed by atoms with Crippen molar-refractivity contribution in [3.8, 4) is 22.9 Å². The second-order valence-corrected chi connectivity index (χ2v) is 6.86. The predicted octanol–water partition coefficient (Wildman–Crippen LogP) is 4.49. The maximum atomic E-state index is 12.2. The van der Waals surface area contributed by atoms with Crippen molar-refractivity contribution in [1.82, 2.24) is 14.9 Å². The first-order valence-corrected chi connectivity index (χ1v) is 9.37. The third kappa shape index (κ3) is 5.99. The van der Waals surface area contributed by atoms with Crippen LogP contribution in [0.3, 0.4) is 0 Å². The van der Waals surface area contributed by atoms with Gasteiger partial charge in [0.05, 0.1) is 0 Å². The first-order valence-electron chi connectivity index (χ1n) is 8.38. The molecule has 0 radical (unpaired) electrons. The minimum atomic E-state index is -4.40. The summed E-state index contributed by atoms with van der Waals surface area (Å²) in [5.41, 5.74) is 1.38. The van der Waals surface area contributed by atoms with Gasteiger partial charge in [-0.25, -0.2) is 4.68 Å². The van der Waals surface area contributed by atoms with E-state index in [1.54, 1.807) is 12.1 Å². The van der Waals surface area contributed by atoms with Crippen LogP contribution in [0.1, 0.15) is 5.56 Å². The summed E-state index contributed by atoms with van der Waals surface area (Å²) in [5, 5.41) is 8.40. The number of nitrogens with two attached hydrogens (primary N) is 1. The molecule has 0 aliphatic heterocycles. The summed E-state index contributed by atoms with van der Waals surface area (Å²) in [6.45, 7) is -4.27. The van der Waals surface area contributed by atoms with E-state index in [9.17, 15) is 22.0 Å². The van der Waals surface area contributed by atoms with E-state index >= 15 is 0 Å².